The van der Waals surface area contributed by atoms with Crippen molar-refractivity contribution in [3.63, 3.8) is 0 Å². The first-order valence-corrected chi connectivity index (χ1v) is 5.03. The van der Waals surface area contributed by atoms with Gasteiger partial charge >= 0.3 is 0 Å². The van der Waals surface area contributed by atoms with E-state index < -0.39 is 0 Å². The van der Waals surface area contributed by atoms with Crippen molar-refractivity contribution in [3.8, 4) is 0 Å². The maximum Gasteiger partial charge on any atom is 0.243 e. The summed E-state index contributed by atoms with van der Waals surface area (Å²) in [6.45, 7) is 6.78. The number of amides is 2. The Bertz CT molecular complexity index is 258. The SMILES string of the molecule is C=CC(=O)N[C@H]1CCC[C@H]1NC(=O)C=C. The summed E-state index contributed by atoms with van der Waals surface area (Å²) in [5.41, 5.74) is 0. The van der Waals surface area contributed by atoms with Gasteiger partial charge in [-0.1, -0.05) is 13.2 Å². The molecule has 4 heteroatoms. The summed E-state index contributed by atoms with van der Waals surface area (Å²) >= 11 is 0. The quantitative estimate of drug-likeness (QED) is 0.661. The molecule has 0 heterocycles. The fourth-order valence-corrected chi connectivity index (χ4v) is 1.79. The van der Waals surface area contributed by atoms with Crippen molar-refractivity contribution >= 4 is 11.8 Å². The molecule has 0 radical (unpaired) electrons. The van der Waals surface area contributed by atoms with Crippen LogP contribution in [-0.2, 0) is 9.59 Å². The van der Waals surface area contributed by atoms with Crippen LogP contribution in [0.1, 0.15) is 19.3 Å². The molecule has 0 saturated heterocycles. The molecule has 0 spiro atoms. The van der Waals surface area contributed by atoms with Gasteiger partial charge in [0, 0.05) is 12.1 Å². The summed E-state index contributed by atoms with van der Waals surface area (Å²) in [4.78, 5) is 22.2. The van der Waals surface area contributed by atoms with Crippen molar-refractivity contribution < 1.29 is 9.59 Å². The molecule has 1 rings (SSSR count). The summed E-state index contributed by atoms with van der Waals surface area (Å²) in [6, 6.07) is 0.0267. The molecule has 1 saturated carbocycles. The number of carbonyl (C=O) groups is 2. The maximum atomic E-state index is 11.1. The third-order valence-corrected chi connectivity index (χ3v) is 2.54. The Hall–Kier alpha value is -1.58. The van der Waals surface area contributed by atoms with E-state index in [9.17, 15) is 9.59 Å². The van der Waals surface area contributed by atoms with Gasteiger partial charge in [0.1, 0.15) is 0 Å². The lowest BCUT2D eigenvalue weighted by Gasteiger charge is -2.20. The largest absolute Gasteiger partial charge is 0.348 e. The highest BCUT2D eigenvalue weighted by molar-refractivity contribution is 5.88. The van der Waals surface area contributed by atoms with Crippen LogP contribution in [0.4, 0.5) is 0 Å². The minimum atomic E-state index is -0.195. The smallest absolute Gasteiger partial charge is 0.243 e. The predicted molar refractivity (Wildman–Crippen MR) is 58.1 cm³/mol. The van der Waals surface area contributed by atoms with Crippen LogP contribution in [0.2, 0.25) is 0 Å². The lowest BCUT2D eigenvalue weighted by Crippen LogP contribution is -2.47. The summed E-state index contributed by atoms with van der Waals surface area (Å²) < 4.78 is 0. The molecule has 0 unspecified atom stereocenters. The van der Waals surface area contributed by atoms with Gasteiger partial charge in [-0.3, -0.25) is 9.59 Å². The normalized spacial score (nSPS) is 24.3. The average molecular weight is 208 g/mol. The number of nitrogens with one attached hydrogen (secondary N) is 2. The van der Waals surface area contributed by atoms with Crippen LogP contribution in [0.15, 0.2) is 25.3 Å². The third-order valence-electron chi connectivity index (χ3n) is 2.54. The van der Waals surface area contributed by atoms with E-state index in [0.29, 0.717) is 0 Å². The molecule has 15 heavy (non-hydrogen) atoms. The predicted octanol–water partition coefficient (Wildman–Crippen LogP) is 0.512. The summed E-state index contributed by atoms with van der Waals surface area (Å²) in [5, 5.41) is 5.60. The molecule has 1 fully saturated rings. The molecule has 1 aliphatic carbocycles. The maximum absolute atomic E-state index is 11.1. The Morgan fingerprint density at radius 3 is 1.73 bits per heavy atom. The van der Waals surface area contributed by atoms with Crippen LogP contribution < -0.4 is 10.6 Å². The zero-order valence-electron chi connectivity index (χ0n) is 8.66. The van der Waals surface area contributed by atoms with Crippen LogP contribution >= 0.6 is 0 Å². The standard InChI is InChI=1S/C11H16N2O2/c1-3-10(14)12-8-6-5-7-9(8)13-11(15)4-2/h3-4,8-9H,1-2,5-7H2,(H,12,14)(H,13,15)/t8-,9+. The molecule has 0 aromatic carbocycles. The van der Waals surface area contributed by atoms with E-state index >= 15 is 0 Å². The van der Waals surface area contributed by atoms with Gasteiger partial charge in [-0.05, 0) is 31.4 Å². The third kappa shape index (κ3) is 3.23. The van der Waals surface area contributed by atoms with E-state index in [1.165, 1.54) is 12.2 Å². The van der Waals surface area contributed by atoms with Gasteiger partial charge in [-0.15, -0.1) is 0 Å². The molecule has 0 bridgehead atoms. The highest BCUT2D eigenvalue weighted by Gasteiger charge is 2.28. The minimum absolute atomic E-state index is 0.0133. The van der Waals surface area contributed by atoms with Crippen LogP contribution in [0.3, 0.4) is 0 Å². The monoisotopic (exact) mass is 208 g/mol. The zero-order chi connectivity index (χ0) is 11.3. The Labute approximate surface area is 89.4 Å². The summed E-state index contributed by atoms with van der Waals surface area (Å²) in [5.74, 6) is -0.389. The second kappa shape index (κ2) is 5.34. The lowest BCUT2D eigenvalue weighted by atomic mass is 10.1. The van der Waals surface area contributed by atoms with E-state index in [4.69, 9.17) is 0 Å². The first kappa shape index (κ1) is 11.5. The highest BCUT2D eigenvalue weighted by Crippen LogP contribution is 2.19. The highest BCUT2D eigenvalue weighted by atomic mass is 16.2. The Balaban J connectivity index is 2.49. The zero-order valence-corrected chi connectivity index (χ0v) is 8.66. The fraction of sp³-hybridized carbons (Fsp3) is 0.455. The van der Waals surface area contributed by atoms with Gasteiger partial charge in [-0.2, -0.15) is 0 Å². The number of carbonyl (C=O) groups excluding carboxylic acids is 2. The Kier molecular flexibility index (Phi) is 4.09. The van der Waals surface area contributed by atoms with Gasteiger partial charge in [0.2, 0.25) is 11.8 Å². The topological polar surface area (TPSA) is 58.2 Å². The van der Waals surface area contributed by atoms with Crippen molar-refractivity contribution in [1.29, 1.82) is 0 Å². The molecule has 1 aliphatic rings. The summed E-state index contributed by atoms with van der Waals surface area (Å²) in [7, 11) is 0. The molecule has 2 N–H and O–H groups in total. The van der Waals surface area contributed by atoms with Gasteiger partial charge in [0.25, 0.3) is 0 Å². The van der Waals surface area contributed by atoms with Crippen LogP contribution in [-0.4, -0.2) is 23.9 Å². The van der Waals surface area contributed by atoms with Gasteiger partial charge in [-0.25, -0.2) is 0 Å². The molecule has 2 atom stereocenters. The lowest BCUT2D eigenvalue weighted by molar-refractivity contribution is -0.119. The van der Waals surface area contributed by atoms with Gasteiger partial charge in [0.05, 0.1) is 0 Å². The van der Waals surface area contributed by atoms with Crippen molar-refractivity contribution in [3.05, 3.63) is 25.3 Å². The van der Waals surface area contributed by atoms with E-state index in [1.807, 2.05) is 0 Å². The van der Waals surface area contributed by atoms with E-state index in [0.717, 1.165) is 19.3 Å². The van der Waals surface area contributed by atoms with E-state index in [-0.39, 0.29) is 23.9 Å². The Morgan fingerprint density at radius 1 is 1.00 bits per heavy atom. The van der Waals surface area contributed by atoms with E-state index in [1.54, 1.807) is 0 Å². The molecule has 4 nitrogen and oxygen atoms in total. The van der Waals surface area contributed by atoms with Crippen LogP contribution in [0.5, 0.6) is 0 Å². The second-order valence-corrected chi connectivity index (χ2v) is 3.57. The molecule has 2 amide bonds. The Morgan fingerprint density at radius 2 is 1.40 bits per heavy atom. The summed E-state index contributed by atoms with van der Waals surface area (Å²) in [6.07, 6.45) is 5.27. The second-order valence-electron chi connectivity index (χ2n) is 3.57. The first-order valence-electron chi connectivity index (χ1n) is 5.03. The number of rotatable bonds is 4. The van der Waals surface area contributed by atoms with Crippen molar-refractivity contribution in [2.75, 3.05) is 0 Å². The van der Waals surface area contributed by atoms with Crippen LogP contribution in [0.25, 0.3) is 0 Å². The fourth-order valence-electron chi connectivity index (χ4n) is 1.79. The van der Waals surface area contributed by atoms with E-state index in [2.05, 4.69) is 23.8 Å². The number of hydrogen-bond donors (Lipinski definition) is 2. The molecule has 0 aromatic rings. The van der Waals surface area contributed by atoms with Crippen molar-refractivity contribution in [1.82, 2.24) is 10.6 Å². The molecule has 0 aliphatic heterocycles. The molecule has 0 aromatic heterocycles. The number of hydrogen-bond acceptors (Lipinski definition) is 2. The first-order chi connectivity index (χ1) is 7.17. The van der Waals surface area contributed by atoms with Crippen molar-refractivity contribution in [2.24, 2.45) is 0 Å². The van der Waals surface area contributed by atoms with Crippen LogP contribution in [0, 0.1) is 0 Å². The van der Waals surface area contributed by atoms with Gasteiger partial charge in [0.15, 0.2) is 0 Å². The molecular weight excluding hydrogens is 192 g/mol. The average Bonchev–Trinajstić information content (AvgIpc) is 2.65. The molecule has 82 valence electrons. The van der Waals surface area contributed by atoms with Gasteiger partial charge < -0.3 is 10.6 Å². The molecular formula is C11H16N2O2. The minimum Gasteiger partial charge on any atom is -0.348 e. The van der Waals surface area contributed by atoms with Crippen molar-refractivity contribution in [2.45, 2.75) is 31.3 Å².